The number of anilines is 1. The Balaban J connectivity index is 1.96. The molecule has 0 spiro atoms. The lowest BCUT2D eigenvalue weighted by Gasteiger charge is -2.11. The molecule has 0 fully saturated rings. The monoisotopic (exact) mass is 323 g/mol. The van der Waals surface area contributed by atoms with Crippen molar-refractivity contribution in [2.75, 3.05) is 32.7 Å². The maximum atomic E-state index is 5.71. The van der Waals surface area contributed by atoms with Crippen LogP contribution in [-0.2, 0) is 4.74 Å². The molecule has 1 aromatic carbocycles. The fraction of sp³-hybridized carbons (Fsp3) is 0.684. The molecule has 0 amide bonds. The van der Waals surface area contributed by atoms with E-state index in [9.17, 15) is 0 Å². The third kappa shape index (κ3) is 9.34. The number of nitrogen functional groups attached to an aromatic ring is 1. The highest BCUT2D eigenvalue weighted by Gasteiger charge is 2.04. The van der Waals surface area contributed by atoms with Crippen molar-refractivity contribution in [1.29, 1.82) is 0 Å². The second-order valence-electron chi connectivity index (χ2n) is 5.85. The van der Waals surface area contributed by atoms with Gasteiger partial charge in [0.2, 0.25) is 0 Å². The minimum absolute atomic E-state index is 0.525. The number of hydrogen-bond donors (Lipinski definition) is 1. The van der Waals surface area contributed by atoms with Crippen molar-refractivity contribution in [3.63, 3.8) is 0 Å². The number of unbranched alkanes of at least 4 members (excludes halogenated alkanes) is 7. The summed E-state index contributed by atoms with van der Waals surface area (Å²) >= 11 is 0. The number of nitrogens with two attached hydrogens (primary N) is 1. The molecular formula is C19H33NO3. The lowest BCUT2D eigenvalue weighted by Crippen LogP contribution is -2.08. The lowest BCUT2D eigenvalue weighted by atomic mass is 10.1. The molecule has 0 saturated heterocycles. The summed E-state index contributed by atoms with van der Waals surface area (Å²) < 4.78 is 16.5. The van der Waals surface area contributed by atoms with Crippen molar-refractivity contribution in [3.05, 3.63) is 18.2 Å². The average molecular weight is 323 g/mol. The van der Waals surface area contributed by atoms with E-state index in [1.807, 2.05) is 6.07 Å². The normalized spacial score (nSPS) is 10.7. The minimum Gasteiger partial charge on any atom is -0.493 e. The Kier molecular flexibility index (Phi) is 11.1. The Hall–Kier alpha value is -1.42. The van der Waals surface area contributed by atoms with E-state index >= 15 is 0 Å². The van der Waals surface area contributed by atoms with Gasteiger partial charge in [0.1, 0.15) is 6.61 Å². The Bertz CT molecular complexity index is 410. The van der Waals surface area contributed by atoms with E-state index in [-0.39, 0.29) is 0 Å². The van der Waals surface area contributed by atoms with Gasteiger partial charge in [-0.1, -0.05) is 51.9 Å². The van der Waals surface area contributed by atoms with E-state index in [1.165, 1.54) is 44.9 Å². The van der Waals surface area contributed by atoms with E-state index in [0.717, 1.165) is 13.0 Å². The molecule has 1 aromatic rings. The molecule has 0 atom stereocenters. The Labute approximate surface area is 141 Å². The highest BCUT2D eigenvalue weighted by atomic mass is 16.5. The van der Waals surface area contributed by atoms with Crippen molar-refractivity contribution >= 4 is 5.69 Å². The van der Waals surface area contributed by atoms with Crippen LogP contribution >= 0.6 is 0 Å². The van der Waals surface area contributed by atoms with Crippen molar-refractivity contribution < 1.29 is 14.2 Å². The zero-order valence-corrected chi connectivity index (χ0v) is 14.8. The molecule has 23 heavy (non-hydrogen) atoms. The van der Waals surface area contributed by atoms with Gasteiger partial charge in [0.25, 0.3) is 0 Å². The van der Waals surface area contributed by atoms with Gasteiger partial charge in [-0.15, -0.1) is 0 Å². The molecule has 0 saturated carbocycles. The SMILES string of the molecule is CCCCCCCCCCOCCOc1ccc(N)cc1OC. The molecule has 0 heterocycles. The Morgan fingerprint density at radius 2 is 1.52 bits per heavy atom. The van der Waals surface area contributed by atoms with Gasteiger partial charge >= 0.3 is 0 Å². The smallest absolute Gasteiger partial charge is 0.162 e. The second kappa shape index (κ2) is 13.1. The minimum atomic E-state index is 0.525. The van der Waals surface area contributed by atoms with Gasteiger partial charge in [-0.05, 0) is 18.6 Å². The van der Waals surface area contributed by atoms with Crippen LogP contribution in [0.5, 0.6) is 11.5 Å². The first-order valence-electron chi connectivity index (χ1n) is 8.92. The van der Waals surface area contributed by atoms with Gasteiger partial charge in [0.15, 0.2) is 11.5 Å². The molecule has 132 valence electrons. The first kappa shape index (κ1) is 19.6. The largest absolute Gasteiger partial charge is 0.493 e. The number of benzene rings is 1. The summed E-state index contributed by atoms with van der Waals surface area (Å²) in [7, 11) is 1.61. The fourth-order valence-corrected chi connectivity index (χ4v) is 2.45. The first-order valence-corrected chi connectivity index (χ1v) is 8.92. The second-order valence-corrected chi connectivity index (χ2v) is 5.85. The summed E-state index contributed by atoms with van der Waals surface area (Å²) in [6.45, 7) is 4.20. The molecule has 2 N–H and O–H groups in total. The lowest BCUT2D eigenvalue weighted by molar-refractivity contribution is 0.0960. The molecule has 4 heteroatoms. The van der Waals surface area contributed by atoms with E-state index in [4.69, 9.17) is 19.9 Å². The molecular weight excluding hydrogens is 290 g/mol. The highest BCUT2D eigenvalue weighted by molar-refractivity contribution is 5.51. The fourth-order valence-electron chi connectivity index (χ4n) is 2.45. The summed E-state index contributed by atoms with van der Waals surface area (Å²) in [6.07, 6.45) is 10.6. The summed E-state index contributed by atoms with van der Waals surface area (Å²) in [4.78, 5) is 0. The van der Waals surface area contributed by atoms with Crippen LogP contribution in [0, 0.1) is 0 Å². The van der Waals surface area contributed by atoms with Crippen LogP contribution in [0.2, 0.25) is 0 Å². The first-order chi connectivity index (χ1) is 11.3. The topological polar surface area (TPSA) is 53.7 Å². The summed E-state index contributed by atoms with van der Waals surface area (Å²) in [6, 6.07) is 5.39. The van der Waals surface area contributed by atoms with Gasteiger partial charge in [-0.25, -0.2) is 0 Å². The van der Waals surface area contributed by atoms with E-state index in [0.29, 0.717) is 30.4 Å². The molecule has 0 aromatic heterocycles. The third-order valence-electron chi connectivity index (χ3n) is 3.82. The average Bonchev–Trinajstić information content (AvgIpc) is 2.56. The number of rotatable bonds is 14. The molecule has 4 nitrogen and oxygen atoms in total. The zero-order valence-electron chi connectivity index (χ0n) is 14.8. The van der Waals surface area contributed by atoms with E-state index in [2.05, 4.69) is 6.92 Å². The van der Waals surface area contributed by atoms with Gasteiger partial charge < -0.3 is 19.9 Å². The van der Waals surface area contributed by atoms with E-state index in [1.54, 1.807) is 19.2 Å². The third-order valence-corrected chi connectivity index (χ3v) is 3.82. The maximum absolute atomic E-state index is 5.71. The molecule has 0 radical (unpaired) electrons. The Morgan fingerprint density at radius 3 is 2.22 bits per heavy atom. The number of ether oxygens (including phenoxy) is 3. The standard InChI is InChI=1S/C19H33NO3/c1-3-4-5-6-7-8-9-10-13-22-14-15-23-18-12-11-17(20)16-19(18)21-2/h11-12,16H,3-10,13-15,20H2,1-2H3. The van der Waals surface area contributed by atoms with Crippen LogP contribution in [0.25, 0.3) is 0 Å². The maximum Gasteiger partial charge on any atom is 0.162 e. The molecule has 1 rings (SSSR count). The van der Waals surface area contributed by atoms with Gasteiger partial charge in [0, 0.05) is 18.4 Å². The van der Waals surface area contributed by atoms with Gasteiger partial charge in [-0.3, -0.25) is 0 Å². The van der Waals surface area contributed by atoms with Crippen molar-refractivity contribution in [3.8, 4) is 11.5 Å². The van der Waals surface area contributed by atoms with Crippen LogP contribution in [0.1, 0.15) is 58.3 Å². The van der Waals surface area contributed by atoms with Crippen LogP contribution in [-0.4, -0.2) is 26.9 Å². The van der Waals surface area contributed by atoms with Crippen LogP contribution < -0.4 is 15.2 Å². The van der Waals surface area contributed by atoms with Crippen molar-refractivity contribution in [1.82, 2.24) is 0 Å². The zero-order chi connectivity index (χ0) is 16.8. The van der Waals surface area contributed by atoms with Crippen molar-refractivity contribution in [2.24, 2.45) is 0 Å². The predicted molar refractivity (Wildman–Crippen MR) is 96.3 cm³/mol. The number of methoxy groups -OCH3 is 1. The molecule has 0 aliphatic heterocycles. The van der Waals surface area contributed by atoms with Gasteiger partial charge in [0.05, 0.1) is 13.7 Å². The molecule has 0 aliphatic rings. The van der Waals surface area contributed by atoms with Crippen molar-refractivity contribution in [2.45, 2.75) is 58.3 Å². The molecule has 0 bridgehead atoms. The Morgan fingerprint density at radius 1 is 0.826 bits per heavy atom. The quantitative estimate of drug-likeness (QED) is 0.394. The van der Waals surface area contributed by atoms with Crippen LogP contribution in [0.4, 0.5) is 5.69 Å². The van der Waals surface area contributed by atoms with Crippen LogP contribution in [0.3, 0.4) is 0 Å². The summed E-state index contributed by atoms with van der Waals surface area (Å²) in [5, 5.41) is 0. The number of hydrogen-bond acceptors (Lipinski definition) is 4. The molecule has 0 aliphatic carbocycles. The van der Waals surface area contributed by atoms with Crippen LogP contribution in [0.15, 0.2) is 18.2 Å². The predicted octanol–water partition coefficient (Wildman–Crippen LogP) is 4.81. The summed E-state index contributed by atoms with van der Waals surface area (Å²) in [5.41, 5.74) is 6.38. The highest BCUT2D eigenvalue weighted by Crippen LogP contribution is 2.28. The molecule has 0 unspecified atom stereocenters. The summed E-state index contributed by atoms with van der Waals surface area (Å²) in [5.74, 6) is 1.37. The van der Waals surface area contributed by atoms with Gasteiger partial charge in [-0.2, -0.15) is 0 Å². The van der Waals surface area contributed by atoms with E-state index < -0.39 is 0 Å².